The van der Waals surface area contributed by atoms with E-state index in [1.165, 1.54) is 19.3 Å². The van der Waals surface area contributed by atoms with Gasteiger partial charge in [0.1, 0.15) is 0 Å². The first-order valence-corrected chi connectivity index (χ1v) is 15.2. The van der Waals surface area contributed by atoms with Gasteiger partial charge in [-0.25, -0.2) is 0 Å². The summed E-state index contributed by atoms with van der Waals surface area (Å²) in [6.45, 7) is 16.5. The van der Waals surface area contributed by atoms with Crippen LogP contribution in [0.1, 0.15) is 86.0 Å². The Morgan fingerprint density at radius 1 is 0.828 bits per heavy atom. The van der Waals surface area contributed by atoms with Crippen LogP contribution in [0.4, 0.5) is 0 Å². The summed E-state index contributed by atoms with van der Waals surface area (Å²) in [7, 11) is -1.77. The van der Waals surface area contributed by atoms with Gasteiger partial charge in [-0.1, -0.05) is 34.6 Å². The number of hydrogen-bond acceptors (Lipinski definition) is 3. The van der Waals surface area contributed by atoms with Crippen LogP contribution in [0.25, 0.3) is 0 Å². The van der Waals surface area contributed by atoms with Gasteiger partial charge in [-0.15, -0.1) is 0 Å². The highest BCUT2D eigenvalue weighted by Crippen LogP contribution is 2.66. The first-order valence-electron chi connectivity index (χ1n) is 12.3. The minimum atomic E-state index is -1.77. The minimum absolute atomic E-state index is 0.0900. The van der Waals surface area contributed by atoms with E-state index in [1.807, 2.05) is 0 Å². The summed E-state index contributed by atoms with van der Waals surface area (Å²) in [6.07, 6.45) is 8.85. The Bertz CT molecular complexity index is 628. The van der Waals surface area contributed by atoms with E-state index in [9.17, 15) is 10.2 Å². The molecule has 0 spiro atoms. The molecule has 168 valence electrons. The molecule has 3 nitrogen and oxygen atoms in total. The fraction of sp³-hybridized carbons (Fsp3) is 1.00. The predicted octanol–water partition coefficient (Wildman–Crippen LogP) is 5.75. The summed E-state index contributed by atoms with van der Waals surface area (Å²) in [5.74, 6) is 2.29. The second-order valence-electron chi connectivity index (χ2n) is 13.2. The number of fused-ring (bicyclic) bond motifs is 5. The Kier molecular flexibility index (Phi) is 5.42. The second-order valence-corrected chi connectivity index (χ2v) is 18.0. The van der Waals surface area contributed by atoms with Crippen LogP contribution in [-0.2, 0) is 4.43 Å². The van der Waals surface area contributed by atoms with E-state index in [-0.39, 0.29) is 28.1 Å². The lowest BCUT2D eigenvalue weighted by Crippen LogP contribution is -2.59. The second kappa shape index (κ2) is 7.05. The predicted molar refractivity (Wildman–Crippen MR) is 121 cm³/mol. The van der Waals surface area contributed by atoms with Crippen LogP contribution in [0.15, 0.2) is 0 Å². The van der Waals surface area contributed by atoms with Crippen molar-refractivity contribution in [3.8, 4) is 0 Å². The van der Waals surface area contributed by atoms with E-state index in [0.717, 1.165) is 32.1 Å². The quantitative estimate of drug-likeness (QED) is 0.557. The lowest BCUT2D eigenvalue weighted by Gasteiger charge is -2.62. The Hall–Kier alpha value is 0.0969. The molecule has 0 unspecified atom stereocenters. The van der Waals surface area contributed by atoms with Crippen molar-refractivity contribution >= 4 is 8.32 Å². The molecule has 0 heterocycles. The van der Waals surface area contributed by atoms with Crippen LogP contribution < -0.4 is 0 Å². The maximum Gasteiger partial charge on any atom is 0.192 e. The summed E-state index contributed by atoms with van der Waals surface area (Å²) in [5, 5.41) is 22.3. The first kappa shape index (κ1) is 22.3. The van der Waals surface area contributed by atoms with Gasteiger partial charge in [0.25, 0.3) is 0 Å². The molecule has 4 aliphatic rings. The van der Waals surface area contributed by atoms with Crippen molar-refractivity contribution in [1.29, 1.82) is 0 Å². The number of hydrogen-bond donors (Lipinski definition) is 2. The number of aliphatic hydroxyl groups is 2. The van der Waals surface area contributed by atoms with E-state index in [4.69, 9.17) is 4.43 Å². The zero-order valence-corrected chi connectivity index (χ0v) is 21.0. The van der Waals surface area contributed by atoms with Gasteiger partial charge in [0.2, 0.25) is 0 Å². The maximum absolute atomic E-state index is 11.3. The van der Waals surface area contributed by atoms with Crippen LogP contribution in [0, 0.1) is 34.5 Å². The topological polar surface area (TPSA) is 49.7 Å². The molecule has 0 aromatic rings. The molecule has 0 saturated heterocycles. The van der Waals surface area contributed by atoms with Crippen LogP contribution in [0.3, 0.4) is 0 Å². The fourth-order valence-electron chi connectivity index (χ4n) is 7.94. The Labute approximate surface area is 180 Å². The van der Waals surface area contributed by atoms with Crippen molar-refractivity contribution in [3.63, 3.8) is 0 Å². The van der Waals surface area contributed by atoms with Crippen molar-refractivity contribution in [2.45, 2.75) is 122 Å². The lowest BCUT2D eigenvalue weighted by molar-refractivity contribution is -0.173. The van der Waals surface area contributed by atoms with Gasteiger partial charge in [-0.2, -0.15) is 0 Å². The average Bonchev–Trinajstić information content (AvgIpc) is 2.90. The van der Waals surface area contributed by atoms with Crippen molar-refractivity contribution in [3.05, 3.63) is 0 Å². The largest absolute Gasteiger partial charge is 0.414 e. The molecule has 4 rings (SSSR count). The van der Waals surface area contributed by atoms with Crippen LogP contribution in [0.2, 0.25) is 18.1 Å². The first-order chi connectivity index (χ1) is 13.3. The van der Waals surface area contributed by atoms with Crippen molar-refractivity contribution in [2.75, 3.05) is 0 Å². The summed E-state index contributed by atoms with van der Waals surface area (Å²) < 4.78 is 6.82. The molecule has 29 heavy (non-hydrogen) atoms. The Balaban J connectivity index is 1.53. The van der Waals surface area contributed by atoms with E-state index in [0.29, 0.717) is 29.8 Å². The molecule has 9 atom stereocenters. The molecule has 2 N–H and O–H groups in total. The van der Waals surface area contributed by atoms with E-state index < -0.39 is 8.32 Å². The van der Waals surface area contributed by atoms with Crippen molar-refractivity contribution in [2.24, 2.45) is 34.5 Å². The molecule has 0 aliphatic heterocycles. The highest BCUT2D eigenvalue weighted by molar-refractivity contribution is 6.74. The molecule has 0 amide bonds. The molecule has 4 saturated carbocycles. The Morgan fingerprint density at radius 3 is 2.10 bits per heavy atom. The molecule has 4 heteroatoms. The summed E-state index contributed by atoms with van der Waals surface area (Å²) in [6, 6.07) is 0. The highest BCUT2D eigenvalue weighted by atomic mass is 28.4. The SMILES string of the molecule is CC(C)(C)[Si](C)(C)O[C@H]1CC[C@@]2(C)[C@H](C1)[C@@H](O)C[C@@H]1[C@@H]2CC[C@]2(C)[C@H](O)CC[C@@H]12. The zero-order valence-electron chi connectivity index (χ0n) is 20.0. The van der Waals surface area contributed by atoms with Gasteiger partial charge in [0.15, 0.2) is 8.32 Å². The Morgan fingerprint density at radius 2 is 1.45 bits per heavy atom. The van der Waals surface area contributed by atoms with Gasteiger partial charge >= 0.3 is 0 Å². The molecule has 4 fully saturated rings. The van der Waals surface area contributed by atoms with E-state index in [2.05, 4.69) is 47.7 Å². The average molecular weight is 423 g/mol. The third-order valence-electron chi connectivity index (χ3n) is 10.8. The van der Waals surface area contributed by atoms with Gasteiger partial charge in [0, 0.05) is 6.10 Å². The number of rotatable bonds is 2. The standard InChI is InChI=1S/C25H46O3Si/c1-23(2,3)29(6,7)28-16-10-12-24(4)19-11-13-25(5)18(8-9-22(25)27)17(19)15-21(26)20(24)14-16/h16-22,26-27H,8-15H2,1-7H3/t16-,17-,18-,19-,20+,21-,22+,24+,25-/m0/s1. The summed E-state index contributed by atoms with van der Waals surface area (Å²) >= 11 is 0. The third-order valence-corrected chi connectivity index (χ3v) is 15.4. The van der Waals surface area contributed by atoms with Crippen LogP contribution in [0.5, 0.6) is 0 Å². The van der Waals surface area contributed by atoms with Crippen molar-refractivity contribution in [1.82, 2.24) is 0 Å². The van der Waals surface area contributed by atoms with Gasteiger partial charge in [-0.05, 0) is 104 Å². The molecular weight excluding hydrogens is 376 g/mol. The minimum Gasteiger partial charge on any atom is -0.414 e. The molecule has 0 aromatic carbocycles. The molecule has 0 bridgehead atoms. The monoisotopic (exact) mass is 422 g/mol. The van der Waals surface area contributed by atoms with Crippen LogP contribution in [-0.4, -0.2) is 36.8 Å². The van der Waals surface area contributed by atoms with Crippen molar-refractivity contribution < 1.29 is 14.6 Å². The zero-order chi connectivity index (χ0) is 21.4. The van der Waals surface area contributed by atoms with E-state index >= 15 is 0 Å². The molecule has 0 radical (unpaired) electrons. The summed E-state index contributed by atoms with van der Waals surface area (Å²) in [4.78, 5) is 0. The summed E-state index contributed by atoms with van der Waals surface area (Å²) in [5.41, 5.74) is 0.331. The lowest BCUT2D eigenvalue weighted by atomic mass is 9.44. The fourth-order valence-corrected chi connectivity index (χ4v) is 9.34. The molecular formula is C25H46O3Si. The number of aliphatic hydroxyl groups excluding tert-OH is 2. The molecule has 0 aromatic heterocycles. The highest BCUT2D eigenvalue weighted by Gasteiger charge is 2.62. The molecule has 4 aliphatic carbocycles. The van der Waals surface area contributed by atoms with Crippen LogP contribution >= 0.6 is 0 Å². The van der Waals surface area contributed by atoms with Gasteiger partial charge < -0.3 is 14.6 Å². The maximum atomic E-state index is 11.3. The van der Waals surface area contributed by atoms with Gasteiger partial charge in [0.05, 0.1) is 12.2 Å². The normalized spacial score (nSPS) is 50.6. The third kappa shape index (κ3) is 3.39. The smallest absolute Gasteiger partial charge is 0.192 e. The van der Waals surface area contributed by atoms with E-state index in [1.54, 1.807) is 0 Å². The van der Waals surface area contributed by atoms with Gasteiger partial charge in [-0.3, -0.25) is 0 Å².